The van der Waals surface area contributed by atoms with Gasteiger partial charge in [-0.3, -0.25) is 9.55 Å². The zero-order chi connectivity index (χ0) is 55.4. The molecule has 2 aromatic heterocycles. The molecule has 0 saturated heterocycles. The first-order chi connectivity index (χ1) is 36.4. The molecule has 0 unspecified atom stereocenters. The zero-order valence-electron chi connectivity index (χ0n) is 49.4. The van der Waals surface area contributed by atoms with Crippen LogP contribution in [0.2, 0.25) is 0 Å². The average molecular weight is 1150 g/mol. The van der Waals surface area contributed by atoms with Crippen molar-refractivity contribution in [2.75, 3.05) is 0 Å². The van der Waals surface area contributed by atoms with Crippen molar-refractivity contribution in [3.05, 3.63) is 191 Å². The number of aromatic hydroxyl groups is 1. The summed E-state index contributed by atoms with van der Waals surface area (Å²) in [7, 11) is 0. The van der Waals surface area contributed by atoms with Crippen LogP contribution in [0.4, 0.5) is 0 Å². The zero-order valence-corrected chi connectivity index (χ0v) is 46.6. The van der Waals surface area contributed by atoms with E-state index >= 15 is 0 Å². The minimum atomic E-state index is -2.61. The van der Waals surface area contributed by atoms with Crippen molar-refractivity contribution in [3.63, 3.8) is 0 Å². The van der Waals surface area contributed by atoms with Gasteiger partial charge in [-0.05, 0) is 148 Å². The van der Waals surface area contributed by atoms with Crippen LogP contribution in [0.15, 0.2) is 152 Å². The van der Waals surface area contributed by atoms with Crippen LogP contribution in [0.1, 0.15) is 147 Å². The second-order valence-electron chi connectivity index (χ2n) is 20.7. The van der Waals surface area contributed by atoms with E-state index in [0.717, 1.165) is 81.4 Å². The van der Waals surface area contributed by atoms with Crippen molar-refractivity contribution in [2.45, 2.75) is 131 Å². The third-order valence-corrected chi connectivity index (χ3v) is 15.9. The van der Waals surface area contributed by atoms with E-state index in [1.165, 1.54) is 16.7 Å². The summed E-state index contributed by atoms with van der Waals surface area (Å²) in [6.07, 6.45) is 5.46. The fourth-order valence-corrected chi connectivity index (χ4v) is 10.4. The molecule has 5 heteroatoms. The maximum Gasteiger partial charge on any atom is 0.148 e. The Labute approximate surface area is 457 Å². The van der Waals surface area contributed by atoms with Gasteiger partial charge in [-0.2, -0.15) is 0 Å². The molecule has 0 saturated carbocycles. The van der Waals surface area contributed by atoms with Gasteiger partial charge in [0.2, 0.25) is 0 Å². The molecule has 1 N–H and O–H groups in total. The number of pyridine rings is 1. The molecule has 7 aromatic carbocycles. The summed E-state index contributed by atoms with van der Waals surface area (Å²) in [5.74, 6) is -2.28. The summed E-state index contributed by atoms with van der Waals surface area (Å²) in [6, 6.07) is 52.6. The van der Waals surface area contributed by atoms with Gasteiger partial charge in [0.05, 0.1) is 22.3 Å². The molecule has 0 aliphatic heterocycles. The Balaban J connectivity index is 0.00000803. The predicted molar refractivity (Wildman–Crippen MR) is 306 cm³/mol. The summed E-state index contributed by atoms with van der Waals surface area (Å²) in [6.45, 7) is 20.0. The van der Waals surface area contributed by atoms with Gasteiger partial charge in [0.25, 0.3) is 0 Å². The topological polar surface area (TPSA) is 50.9 Å². The number of phenolic OH excluding ortho intramolecular Hbond substituents is 1. The maximum atomic E-state index is 12.6. The maximum absolute atomic E-state index is 12.6. The van der Waals surface area contributed by atoms with Crippen molar-refractivity contribution in [3.8, 4) is 78.6 Å². The van der Waals surface area contributed by atoms with Gasteiger partial charge in [0, 0.05) is 39.8 Å². The molecular formula is C68H72N3OPt-. The van der Waals surface area contributed by atoms with E-state index in [4.69, 9.17) is 9.97 Å². The van der Waals surface area contributed by atoms with Gasteiger partial charge in [-0.1, -0.05) is 195 Å². The van der Waals surface area contributed by atoms with E-state index in [1.54, 1.807) is 39.8 Å². The predicted octanol–water partition coefficient (Wildman–Crippen LogP) is 18.9. The number of fused-ring (bicyclic) bond motifs is 1. The summed E-state index contributed by atoms with van der Waals surface area (Å²) >= 11 is 0. The van der Waals surface area contributed by atoms with E-state index < -0.39 is 18.6 Å². The first-order valence-corrected chi connectivity index (χ1v) is 25.8. The molecule has 0 fully saturated rings. The summed E-state index contributed by atoms with van der Waals surface area (Å²) in [4.78, 5) is 10.4. The molecule has 4 nitrogen and oxygen atoms in total. The SMILES string of the molecule is [2H]C([2H])([2H])c1cc(-c2c(C(C)(CC)CC)cccc2C(C)(CC)CC)ccc1-n1c(-c2cc(C([2H])(C)C)cc(C([2H])(C)C)c2O)nc2c(-c3[c-]c(-c4cc(-c5ccc(C)cc5)ccn4)cc(-c4ccccc4)c3)cccc21.[Pt]. The number of para-hydroxylation sites is 1. The van der Waals surface area contributed by atoms with Crippen molar-refractivity contribution < 1.29 is 33.0 Å². The van der Waals surface area contributed by atoms with Crippen molar-refractivity contribution in [1.82, 2.24) is 14.5 Å². The van der Waals surface area contributed by atoms with Crippen LogP contribution in [-0.2, 0) is 31.9 Å². The standard InChI is InChI=1S/C68H72N3O.Pt/c1-13-67(11,14-2)58-25-21-26-59(68(12,15-3)16-4)63(58)50-32-33-61(46(10)36-50)71-62-27-20-24-55(64(62)70-66(71)57-41-51(43(5)6)40-56(44(7)8)65(57)72)53-37-52(47-22-18-17-19-23-47)38-54(39-53)60-42-49(34-35-69-60)48-30-28-45(9)29-31-48;/h17-38,40-44,72H,13-16H2,1-12H3;/q-1;/i10D3,43D,44D;. The summed E-state index contributed by atoms with van der Waals surface area (Å²) < 4.78 is 48.6. The largest absolute Gasteiger partial charge is 0.507 e. The molecule has 376 valence electrons. The summed E-state index contributed by atoms with van der Waals surface area (Å²) in [5, 5.41) is 12.6. The van der Waals surface area contributed by atoms with E-state index in [9.17, 15) is 12.0 Å². The molecular weight excluding hydrogens is 1070 g/mol. The van der Waals surface area contributed by atoms with E-state index in [2.05, 4.69) is 133 Å². The molecule has 9 rings (SSSR count). The number of imidazole rings is 1. The van der Waals surface area contributed by atoms with Crippen molar-refractivity contribution >= 4 is 11.0 Å². The van der Waals surface area contributed by atoms with Crippen LogP contribution >= 0.6 is 0 Å². The first-order valence-electron chi connectivity index (χ1n) is 28.3. The Bertz CT molecular complexity index is 3600. The number of benzene rings is 7. The number of aryl methyl sites for hydroxylation is 2. The number of hydrogen-bond donors (Lipinski definition) is 1. The van der Waals surface area contributed by atoms with Gasteiger partial charge < -0.3 is 5.11 Å². The smallest absolute Gasteiger partial charge is 0.148 e. The van der Waals surface area contributed by atoms with E-state index in [1.807, 2.05) is 65.4 Å². The molecule has 0 atom stereocenters. The van der Waals surface area contributed by atoms with Gasteiger partial charge in [0.15, 0.2) is 0 Å². The van der Waals surface area contributed by atoms with E-state index in [0.29, 0.717) is 27.8 Å². The average Bonchev–Trinajstić information content (AvgIpc) is 3.90. The number of hydrogen-bond acceptors (Lipinski definition) is 3. The second-order valence-corrected chi connectivity index (χ2v) is 20.7. The van der Waals surface area contributed by atoms with Crippen LogP contribution in [0, 0.1) is 19.8 Å². The monoisotopic (exact) mass is 1150 g/mol. The van der Waals surface area contributed by atoms with Gasteiger partial charge >= 0.3 is 0 Å². The normalized spacial score (nSPS) is 13.4. The van der Waals surface area contributed by atoms with Crippen LogP contribution in [-0.4, -0.2) is 19.6 Å². The van der Waals surface area contributed by atoms with Crippen LogP contribution in [0.3, 0.4) is 0 Å². The summed E-state index contributed by atoms with van der Waals surface area (Å²) in [5.41, 5.74) is 15.1. The molecule has 0 amide bonds. The molecule has 9 aromatic rings. The molecule has 0 radical (unpaired) electrons. The third kappa shape index (κ3) is 10.1. The van der Waals surface area contributed by atoms with Gasteiger partial charge in [-0.25, -0.2) is 4.98 Å². The Morgan fingerprint density at radius 1 is 0.630 bits per heavy atom. The second kappa shape index (κ2) is 21.6. The van der Waals surface area contributed by atoms with E-state index in [-0.39, 0.29) is 54.6 Å². The Kier molecular flexibility index (Phi) is 13.8. The molecule has 0 bridgehead atoms. The molecule has 73 heavy (non-hydrogen) atoms. The number of phenols is 1. The van der Waals surface area contributed by atoms with Crippen molar-refractivity contribution in [2.24, 2.45) is 0 Å². The first kappa shape index (κ1) is 46.4. The number of aromatic nitrogens is 3. The fraction of sp³-hybridized carbons (Fsp3) is 0.294. The Hall–Kier alpha value is -6.35. The third-order valence-electron chi connectivity index (χ3n) is 15.9. The fourth-order valence-electron chi connectivity index (χ4n) is 10.4. The molecule has 0 spiro atoms. The van der Waals surface area contributed by atoms with Gasteiger partial charge in [0.1, 0.15) is 11.6 Å². The van der Waals surface area contributed by atoms with Crippen LogP contribution in [0.5, 0.6) is 5.75 Å². The number of rotatable bonds is 15. The minimum Gasteiger partial charge on any atom is -0.507 e. The van der Waals surface area contributed by atoms with Gasteiger partial charge in [-0.15, -0.1) is 23.8 Å². The number of nitrogens with zero attached hydrogens (tertiary/aromatic N) is 3. The minimum absolute atomic E-state index is 0. The van der Waals surface area contributed by atoms with Crippen LogP contribution in [0.25, 0.3) is 83.9 Å². The van der Waals surface area contributed by atoms with Crippen molar-refractivity contribution in [1.29, 1.82) is 0 Å². The Morgan fingerprint density at radius 2 is 1.26 bits per heavy atom. The Morgan fingerprint density at radius 3 is 1.89 bits per heavy atom. The molecule has 2 heterocycles. The quantitative estimate of drug-likeness (QED) is 0.104. The van der Waals surface area contributed by atoms with Crippen LogP contribution < -0.4 is 0 Å². The molecule has 0 aliphatic rings. The molecule has 0 aliphatic carbocycles.